The number of rotatable bonds is 7. The lowest BCUT2D eigenvalue weighted by Crippen LogP contribution is -2.34. The fourth-order valence-corrected chi connectivity index (χ4v) is 5.19. The van der Waals surface area contributed by atoms with Crippen LogP contribution in [0.4, 0.5) is 26.0 Å². The zero-order chi connectivity index (χ0) is 25.6. The molecule has 9 nitrogen and oxygen atoms in total. The molecule has 1 aromatic heterocycles. The molecular weight excluding hydrogens is 494 g/mol. The summed E-state index contributed by atoms with van der Waals surface area (Å²) in [6, 6.07) is 5.75. The fourth-order valence-electron chi connectivity index (χ4n) is 4.57. The van der Waals surface area contributed by atoms with Gasteiger partial charge in [0.1, 0.15) is 41.7 Å². The Morgan fingerprint density at radius 3 is 2.69 bits per heavy atom. The second-order valence-corrected chi connectivity index (χ2v) is 11.1. The van der Waals surface area contributed by atoms with Gasteiger partial charge in [0.2, 0.25) is 0 Å². The number of ether oxygens (including phenoxy) is 4. The van der Waals surface area contributed by atoms with Crippen LogP contribution in [0.15, 0.2) is 30.6 Å². The molecule has 192 valence electrons. The zero-order valence-electron chi connectivity index (χ0n) is 19.9. The highest BCUT2D eigenvalue weighted by Crippen LogP contribution is 2.40. The number of alkyl halides is 1. The van der Waals surface area contributed by atoms with Crippen LogP contribution in [0.2, 0.25) is 0 Å². The predicted molar refractivity (Wildman–Crippen MR) is 134 cm³/mol. The number of anilines is 3. The molecule has 0 saturated carbocycles. The van der Waals surface area contributed by atoms with Crippen molar-refractivity contribution in [1.29, 1.82) is 0 Å². The highest BCUT2D eigenvalue weighted by molar-refractivity contribution is 8.00. The van der Waals surface area contributed by atoms with Crippen LogP contribution in [-0.4, -0.2) is 71.1 Å². The molecule has 2 aliphatic heterocycles. The van der Waals surface area contributed by atoms with Crippen LogP contribution in [-0.2, 0) is 19.2 Å². The minimum Gasteiger partial charge on any atom is -0.494 e. The van der Waals surface area contributed by atoms with Crippen molar-refractivity contribution in [3.63, 3.8) is 0 Å². The van der Waals surface area contributed by atoms with Gasteiger partial charge in [0.15, 0.2) is 12.3 Å². The van der Waals surface area contributed by atoms with Crippen LogP contribution in [0.25, 0.3) is 10.9 Å². The molecule has 2 N–H and O–H groups in total. The lowest BCUT2D eigenvalue weighted by atomic mass is 10.1. The third-order valence-corrected chi connectivity index (χ3v) is 6.72. The van der Waals surface area contributed by atoms with Crippen LogP contribution < -0.4 is 19.5 Å². The van der Waals surface area contributed by atoms with Crippen LogP contribution in [0.5, 0.6) is 11.5 Å². The van der Waals surface area contributed by atoms with Crippen molar-refractivity contribution >= 4 is 43.7 Å². The van der Waals surface area contributed by atoms with Gasteiger partial charge < -0.3 is 29.0 Å². The molecule has 0 aliphatic carbocycles. The predicted octanol–water partition coefficient (Wildman–Crippen LogP) is 3.39. The molecule has 0 radical (unpaired) electrons. The molecule has 5 unspecified atom stereocenters. The molecule has 3 heterocycles. The largest absolute Gasteiger partial charge is 0.494 e. The number of aryl methyl sites for hydroxylation is 1. The normalized spacial score (nSPS) is 24.8. The van der Waals surface area contributed by atoms with E-state index in [0.717, 1.165) is 0 Å². The van der Waals surface area contributed by atoms with Gasteiger partial charge in [-0.2, -0.15) is 0 Å². The number of hydrogen-bond acceptors (Lipinski definition) is 8. The number of nitrogens with one attached hydrogen (secondary N) is 2. The van der Waals surface area contributed by atoms with E-state index in [4.69, 9.17) is 18.9 Å². The standard InChI is InChI=1S/C24H26F2N4O5S/c1-12-20-16(8-17(21(12)32-2)30-36(3,4)31)27-11-28-24(20)29-15-6-5-13(25)7-18(15)35-19-10-34-22-14(26)9-33-23(19)22/h5-8,11,14,19,22-23H,3,9-10H2,1-2,4H3,(H,30,31)(H,27,28,29). The van der Waals surface area contributed by atoms with Crippen molar-refractivity contribution < 1.29 is 31.9 Å². The van der Waals surface area contributed by atoms with E-state index < -0.39 is 40.0 Å². The van der Waals surface area contributed by atoms with Gasteiger partial charge in [-0.25, -0.2) is 23.0 Å². The number of halogens is 2. The van der Waals surface area contributed by atoms with E-state index in [1.165, 1.54) is 37.9 Å². The Balaban J connectivity index is 1.51. The first-order valence-corrected chi connectivity index (χ1v) is 13.3. The van der Waals surface area contributed by atoms with E-state index in [9.17, 15) is 13.0 Å². The molecular formula is C24H26F2N4O5S. The van der Waals surface area contributed by atoms with Crippen LogP contribution >= 0.6 is 0 Å². The van der Waals surface area contributed by atoms with E-state index >= 15 is 0 Å². The van der Waals surface area contributed by atoms with E-state index in [0.29, 0.717) is 39.4 Å². The van der Waals surface area contributed by atoms with Gasteiger partial charge in [-0.15, -0.1) is 0 Å². The zero-order valence-corrected chi connectivity index (χ0v) is 20.7. The molecule has 12 heteroatoms. The average molecular weight is 521 g/mol. The first-order chi connectivity index (χ1) is 17.1. The number of benzene rings is 2. The molecule has 0 amide bonds. The first-order valence-electron chi connectivity index (χ1n) is 11.2. The molecule has 5 atom stereocenters. The maximum absolute atomic E-state index is 14.2. The Labute approximate surface area is 207 Å². The summed E-state index contributed by atoms with van der Waals surface area (Å²) in [5, 5.41) is 3.85. The van der Waals surface area contributed by atoms with E-state index in [1.807, 2.05) is 6.92 Å². The monoisotopic (exact) mass is 520 g/mol. The van der Waals surface area contributed by atoms with E-state index in [2.05, 4.69) is 25.9 Å². The van der Waals surface area contributed by atoms with Gasteiger partial charge in [0.05, 0.1) is 37.2 Å². The second-order valence-electron chi connectivity index (χ2n) is 8.84. The topological polar surface area (TPSA) is 104 Å². The molecule has 3 aromatic rings. The molecule has 36 heavy (non-hydrogen) atoms. The number of aromatic nitrogens is 2. The molecule has 2 aliphatic rings. The van der Waals surface area contributed by atoms with E-state index in [1.54, 1.807) is 6.07 Å². The lowest BCUT2D eigenvalue weighted by molar-refractivity contribution is 0.0283. The summed E-state index contributed by atoms with van der Waals surface area (Å²) in [5.41, 5.74) is 2.17. The fraction of sp³-hybridized carbons (Fsp3) is 0.375. The molecule has 0 bridgehead atoms. The quantitative estimate of drug-likeness (QED) is 0.457. The maximum Gasteiger partial charge on any atom is 0.152 e. The summed E-state index contributed by atoms with van der Waals surface area (Å²) < 4.78 is 65.9. The van der Waals surface area contributed by atoms with Crippen molar-refractivity contribution in [2.45, 2.75) is 31.4 Å². The van der Waals surface area contributed by atoms with Crippen molar-refractivity contribution in [3.8, 4) is 11.5 Å². The SMILES string of the molecule is C=S(C)(=O)Nc1cc2ncnc(Nc3ccc(F)cc3OC3COC4C(F)COC34)c2c(C)c1OC. The second kappa shape index (κ2) is 9.34. The summed E-state index contributed by atoms with van der Waals surface area (Å²) in [5.74, 6) is 4.22. The Bertz CT molecular complexity index is 1420. The van der Waals surface area contributed by atoms with E-state index in [-0.39, 0.29) is 19.0 Å². The van der Waals surface area contributed by atoms with Gasteiger partial charge in [-0.05, 0) is 31.0 Å². The smallest absolute Gasteiger partial charge is 0.152 e. The number of methoxy groups -OCH3 is 1. The summed E-state index contributed by atoms with van der Waals surface area (Å²) in [7, 11) is -1.06. The Kier molecular flexibility index (Phi) is 6.35. The van der Waals surface area contributed by atoms with Gasteiger partial charge in [-0.3, -0.25) is 0 Å². The third kappa shape index (κ3) is 4.63. The molecule has 0 spiro atoms. The van der Waals surface area contributed by atoms with Gasteiger partial charge in [0, 0.05) is 33.0 Å². The average Bonchev–Trinajstić information content (AvgIpc) is 3.38. The molecule has 2 fully saturated rings. The van der Waals surface area contributed by atoms with Gasteiger partial charge >= 0.3 is 0 Å². The summed E-state index contributed by atoms with van der Waals surface area (Å²) in [4.78, 5) is 8.74. The highest BCUT2D eigenvalue weighted by atomic mass is 32.2. The minimum absolute atomic E-state index is 0.0601. The van der Waals surface area contributed by atoms with Crippen molar-refractivity contribution in [1.82, 2.24) is 9.97 Å². The van der Waals surface area contributed by atoms with Gasteiger partial charge in [-0.1, -0.05) is 0 Å². The first kappa shape index (κ1) is 24.5. The van der Waals surface area contributed by atoms with Crippen LogP contribution in [0, 0.1) is 12.7 Å². The summed E-state index contributed by atoms with van der Waals surface area (Å²) in [6.45, 7) is 1.89. The highest BCUT2D eigenvalue weighted by Gasteiger charge is 2.49. The lowest BCUT2D eigenvalue weighted by Gasteiger charge is -2.21. The molecule has 5 rings (SSSR count). The van der Waals surface area contributed by atoms with Crippen molar-refractivity contribution in [2.24, 2.45) is 0 Å². The third-order valence-electron chi connectivity index (χ3n) is 6.07. The van der Waals surface area contributed by atoms with Crippen molar-refractivity contribution in [2.75, 3.05) is 36.6 Å². The maximum atomic E-state index is 14.2. The Hall–Kier alpha value is -3.22. The Morgan fingerprint density at radius 2 is 1.94 bits per heavy atom. The van der Waals surface area contributed by atoms with Crippen molar-refractivity contribution in [3.05, 3.63) is 42.0 Å². The number of nitrogens with zero attached hydrogens (tertiary/aromatic N) is 2. The van der Waals surface area contributed by atoms with Gasteiger partial charge in [0.25, 0.3) is 0 Å². The Morgan fingerprint density at radius 1 is 1.17 bits per heavy atom. The van der Waals surface area contributed by atoms with Crippen LogP contribution in [0.3, 0.4) is 0 Å². The number of fused-ring (bicyclic) bond motifs is 2. The minimum atomic E-state index is -2.57. The molecule has 2 saturated heterocycles. The number of hydrogen-bond donors (Lipinski definition) is 2. The summed E-state index contributed by atoms with van der Waals surface area (Å²) >= 11 is 0. The molecule has 2 aromatic carbocycles. The summed E-state index contributed by atoms with van der Waals surface area (Å²) in [6.07, 6.45) is -0.224. The van der Waals surface area contributed by atoms with Crippen LogP contribution in [0.1, 0.15) is 5.56 Å².